The molecule has 29 heavy (non-hydrogen) atoms. The Bertz CT molecular complexity index is 806. The fourth-order valence-electron chi connectivity index (χ4n) is 3.98. The van der Waals surface area contributed by atoms with Gasteiger partial charge in [-0.2, -0.15) is 0 Å². The second kappa shape index (κ2) is 8.52. The van der Waals surface area contributed by atoms with Gasteiger partial charge in [-0.3, -0.25) is 9.59 Å². The largest absolute Gasteiger partial charge is 0.466 e. The molecule has 3 heterocycles. The molecule has 0 saturated carbocycles. The van der Waals surface area contributed by atoms with Crippen molar-refractivity contribution in [1.82, 2.24) is 15.7 Å². The predicted molar refractivity (Wildman–Crippen MR) is 106 cm³/mol. The molecule has 3 aliphatic heterocycles. The van der Waals surface area contributed by atoms with Crippen molar-refractivity contribution < 1.29 is 23.9 Å². The quantitative estimate of drug-likeness (QED) is 0.591. The van der Waals surface area contributed by atoms with Crippen molar-refractivity contribution in [2.24, 2.45) is 0 Å². The fraction of sp³-hybridized carbons (Fsp3) is 0.524. The average Bonchev–Trinajstić information content (AvgIpc) is 2.71. The van der Waals surface area contributed by atoms with Gasteiger partial charge in [0.05, 0.1) is 12.1 Å². The van der Waals surface area contributed by atoms with Crippen molar-refractivity contribution in [3.63, 3.8) is 0 Å². The molecule has 1 spiro atoms. The highest BCUT2D eigenvalue weighted by Crippen LogP contribution is 2.33. The molecule has 1 aromatic carbocycles. The number of hydroxylamine groups is 1. The Morgan fingerprint density at radius 3 is 3.07 bits per heavy atom. The molecular formula is C21H27N3O5. The summed E-state index contributed by atoms with van der Waals surface area (Å²) >= 11 is 0. The molecule has 8 nitrogen and oxygen atoms in total. The topological polar surface area (TPSA) is 89.1 Å². The normalized spacial score (nSPS) is 27.3. The SMILES string of the molecule is CN1CCCC2(C1)NC(=O)c1cc(C=CC(=O)NOC3CCCCO3)ccc1O2. The minimum Gasteiger partial charge on any atom is -0.466 e. The molecular weight excluding hydrogens is 374 g/mol. The first-order chi connectivity index (χ1) is 14.0. The molecule has 4 rings (SSSR count). The maximum atomic E-state index is 12.7. The number of nitrogens with one attached hydrogen (secondary N) is 2. The van der Waals surface area contributed by atoms with Crippen molar-refractivity contribution in [3.8, 4) is 5.75 Å². The molecule has 0 aliphatic carbocycles. The maximum absolute atomic E-state index is 12.7. The summed E-state index contributed by atoms with van der Waals surface area (Å²) in [7, 11) is 2.02. The van der Waals surface area contributed by atoms with Gasteiger partial charge in [-0.05, 0) is 56.6 Å². The second-order valence-electron chi connectivity index (χ2n) is 7.86. The lowest BCUT2D eigenvalue weighted by Gasteiger charge is -2.44. The standard InChI is InChI=1S/C21H27N3O5/c1-24-11-4-10-21(14-24)22-20(26)16-13-15(6-8-17(16)28-21)7-9-18(25)23-29-19-5-2-3-12-27-19/h6-9,13,19H,2-5,10-12,14H2,1H3,(H,22,26)(H,23,25). The van der Waals surface area contributed by atoms with Crippen LogP contribution in [-0.4, -0.2) is 55.5 Å². The number of likely N-dealkylation sites (tertiary alicyclic amines) is 1. The van der Waals surface area contributed by atoms with Crippen LogP contribution < -0.4 is 15.5 Å². The Hall–Kier alpha value is -2.42. The Morgan fingerprint density at radius 2 is 2.28 bits per heavy atom. The Kier molecular flexibility index (Phi) is 5.84. The minimum atomic E-state index is -0.660. The number of piperidine rings is 1. The number of ether oxygens (including phenoxy) is 2. The zero-order valence-corrected chi connectivity index (χ0v) is 16.6. The Morgan fingerprint density at radius 1 is 1.38 bits per heavy atom. The number of hydrogen-bond donors (Lipinski definition) is 2. The summed E-state index contributed by atoms with van der Waals surface area (Å²) < 4.78 is 11.6. The van der Waals surface area contributed by atoms with E-state index >= 15 is 0 Å². The molecule has 2 amide bonds. The number of likely N-dealkylation sites (N-methyl/N-ethyl adjacent to an activating group) is 1. The highest BCUT2D eigenvalue weighted by Gasteiger charge is 2.42. The van der Waals surface area contributed by atoms with Gasteiger partial charge in [-0.25, -0.2) is 10.3 Å². The van der Waals surface area contributed by atoms with Crippen molar-refractivity contribution in [1.29, 1.82) is 0 Å². The van der Waals surface area contributed by atoms with E-state index in [1.54, 1.807) is 18.2 Å². The highest BCUT2D eigenvalue weighted by atomic mass is 16.8. The van der Waals surface area contributed by atoms with Crippen LogP contribution >= 0.6 is 0 Å². The van der Waals surface area contributed by atoms with E-state index in [1.165, 1.54) is 6.08 Å². The molecule has 2 unspecified atom stereocenters. The number of carbonyl (C=O) groups is 2. The maximum Gasteiger partial charge on any atom is 0.267 e. The van der Waals surface area contributed by atoms with E-state index in [1.807, 2.05) is 13.1 Å². The van der Waals surface area contributed by atoms with E-state index in [2.05, 4.69) is 15.7 Å². The van der Waals surface area contributed by atoms with Gasteiger partial charge in [0.25, 0.3) is 11.8 Å². The van der Waals surface area contributed by atoms with Gasteiger partial charge >= 0.3 is 0 Å². The summed E-state index contributed by atoms with van der Waals surface area (Å²) in [4.78, 5) is 32.1. The number of nitrogens with zero attached hydrogens (tertiary/aromatic N) is 1. The van der Waals surface area contributed by atoms with Gasteiger partial charge in [0.1, 0.15) is 5.75 Å². The van der Waals surface area contributed by atoms with Crippen molar-refractivity contribution in [2.75, 3.05) is 26.7 Å². The van der Waals surface area contributed by atoms with Crippen LogP contribution in [0.4, 0.5) is 0 Å². The third kappa shape index (κ3) is 4.77. The average molecular weight is 401 g/mol. The van der Waals surface area contributed by atoms with E-state index in [9.17, 15) is 9.59 Å². The summed E-state index contributed by atoms with van der Waals surface area (Å²) in [6, 6.07) is 5.33. The van der Waals surface area contributed by atoms with Crippen LogP contribution in [0.5, 0.6) is 5.75 Å². The van der Waals surface area contributed by atoms with Crippen LogP contribution in [0.2, 0.25) is 0 Å². The number of amides is 2. The minimum absolute atomic E-state index is 0.154. The smallest absolute Gasteiger partial charge is 0.267 e. The molecule has 156 valence electrons. The van der Waals surface area contributed by atoms with Crippen LogP contribution in [-0.2, 0) is 14.4 Å². The number of hydrogen-bond acceptors (Lipinski definition) is 6. The van der Waals surface area contributed by atoms with E-state index in [-0.39, 0.29) is 11.8 Å². The summed E-state index contributed by atoms with van der Waals surface area (Å²) in [5.41, 5.74) is 2.91. The van der Waals surface area contributed by atoms with E-state index in [4.69, 9.17) is 14.3 Å². The van der Waals surface area contributed by atoms with Crippen molar-refractivity contribution >= 4 is 17.9 Å². The third-order valence-corrected chi connectivity index (χ3v) is 5.40. The molecule has 0 bridgehead atoms. The highest BCUT2D eigenvalue weighted by molar-refractivity contribution is 5.99. The lowest BCUT2D eigenvalue weighted by Crippen LogP contribution is -2.63. The number of carbonyl (C=O) groups excluding carboxylic acids is 2. The van der Waals surface area contributed by atoms with Crippen LogP contribution in [0.25, 0.3) is 6.08 Å². The first-order valence-electron chi connectivity index (χ1n) is 10.1. The monoisotopic (exact) mass is 401 g/mol. The molecule has 0 aromatic heterocycles. The molecule has 2 atom stereocenters. The predicted octanol–water partition coefficient (Wildman–Crippen LogP) is 1.82. The van der Waals surface area contributed by atoms with Gasteiger partial charge in [0.2, 0.25) is 0 Å². The van der Waals surface area contributed by atoms with E-state index in [0.29, 0.717) is 24.5 Å². The van der Waals surface area contributed by atoms with Gasteiger partial charge in [-0.15, -0.1) is 0 Å². The lowest BCUT2D eigenvalue weighted by molar-refractivity contribution is -0.198. The molecule has 1 aromatic rings. The first-order valence-corrected chi connectivity index (χ1v) is 10.1. The second-order valence-corrected chi connectivity index (χ2v) is 7.86. The molecule has 0 radical (unpaired) electrons. The number of benzene rings is 1. The first kappa shape index (κ1) is 19.9. The summed E-state index contributed by atoms with van der Waals surface area (Å²) in [5, 5.41) is 3.03. The summed E-state index contributed by atoms with van der Waals surface area (Å²) in [6.07, 6.45) is 7.16. The fourth-order valence-corrected chi connectivity index (χ4v) is 3.98. The molecule has 2 fully saturated rings. The van der Waals surface area contributed by atoms with E-state index < -0.39 is 12.0 Å². The van der Waals surface area contributed by atoms with Gasteiger partial charge < -0.3 is 19.7 Å². The summed E-state index contributed by atoms with van der Waals surface area (Å²) in [5.74, 6) is 0.0317. The van der Waals surface area contributed by atoms with Gasteiger partial charge in [0, 0.05) is 25.5 Å². The lowest BCUT2D eigenvalue weighted by atomic mass is 9.97. The zero-order chi connectivity index (χ0) is 20.3. The molecule has 8 heteroatoms. The van der Waals surface area contributed by atoms with E-state index in [0.717, 1.165) is 44.2 Å². The van der Waals surface area contributed by atoms with Crippen LogP contribution in [0, 0.1) is 0 Å². The van der Waals surface area contributed by atoms with Crippen LogP contribution in [0.1, 0.15) is 48.0 Å². The molecule has 2 N–H and O–H groups in total. The van der Waals surface area contributed by atoms with Crippen LogP contribution in [0.15, 0.2) is 24.3 Å². The summed E-state index contributed by atoms with van der Waals surface area (Å²) in [6.45, 7) is 2.30. The van der Waals surface area contributed by atoms with Crippen molar-refractivity contribution in [2.45, 2.75) is 44.1 Å². The van der Waals surface area contributed by atoms with Crippen molar-refractivity contribution in [3.05, 3.63) is 35.4 Å². The van der Waals surface area contributed by atoms with Crippen LogP contribution in [0.3, 0.4) is 0 Å². The van der Waals surface area contributed by atoms with Gasteiger partial charge in [-0.1, -0.05) is 6.07 Å². The third-order valence-electron chi connectivity index (χ3n) is 5.40. The number of rotatable bonds is 4. The Labute approximate surface area is 170 Å². The zero-order valence-electron chi connectivity index (χ0n) is 16.6. The number of fused-ring (bicyclic) bond motifs is 1. The molecule has 3 aliphatic rings. The Balaban J connectivity index is 1.38. The van der Waals surface area contributed by atoms with Gasteiger partial charge in [0.15, 0.2) is 12.0 Å². The molecule has 2 saturated heterocycles.